The van der Waals surface area contributed by atoms with Crippen molar-refractivity contribution in [2.45, 2.75) is 39.2 Å². The first kappa shape index (κ1) is 15.5. The van der Waals surface area contributed by atoms with Gasteiger partial charge in [0.2, 0.25) is 5.91 Å². The van der Waals surface area contributed by atoms with Crippen LogP contribution in [0.1, 0.15) is 31.6 Å². The standard InChI is InChI=1S/C13H20ClNO2S/c1-9(2)11(7-8-16)15-13(17)6-4-10-3-5-12(14)18-10/h3,5,9,11,16H,4,6-8H2,1-2H3,(H,15,17). The van der Waals surface area contributed by atoms with Gasteiger partial charge in [-0.3, -0.25) is 4.79 Å². The molecular formula is C13H20ClNO2S. The number of nitrogens with one attached hydrogen (secondary N) is 1. The van der Waals surface area contributed by atoms with Crippen LogP contribution in [0.25, 0.3) is 0 Å². The minimum atomic E-state index is 0.0340. The molecule has 0 aliphatic rings. The number of aryl methyl sites for hydroxylation is 1. The molecule has 1 aromatic heterocycles. The molecule has 0 saturated heterocycles. The number of aliphatic hydroxyl groups is 1. The van der Waals surface area contributed by atoms with Crippen LogP contribution in [0.15, 0.2) is 12.1 Å². The number of halogens is 1. The summed E-state index contributed by atoms with van der Waals surface area (Å²) in [7, 11) is 0. The van der Waals surface area contributed by atoms with E-state index in [-0.39, 0.29) is 18.6 Å². The van der Waals surface area contributed by atoms with Crippen molar-refractivity contribution in [1.82, 2.24) is 5.32 Å². The summed E-state index contributed by atoms with van der Waals surface area (Å²) in [5.74, 6) is 0.365. The Morgan fingerprint density at radius 1 is 1.50 bits per heavy atom. The fourth-order valence-electron chi connectivity index (χ4n) is 1.71. The number of thiophene rings is 1. The molecular weight excluding hydrogens is 270 g/mol. The lowest BCUT2D eigenvalue weighted by molar-refractivity contribution is -0.122. The van der Waals surface area contributed by atoms with Gasteiger partial charge in [0.25, 0.3) is 0 Å². The number of aliphatic hydroxyl groups excluding tert-OH is 1. The molecule has 0 saturated carbocycles. The predicted octanol–water partition coefficient (Wildman–Crippen LogP) is 2.86. The lowest BCUT2D eigenvalue weighted by Gasteiger charge is -2.21. The molecule has 1 unspecified atom stereocenters. The van der Waals surface area contributed by atoms with Gasteiger partial charge in [-0.05, 0) is 30.9 Å². The first-order valence-electron chi connectivity index (χ1n) is 6.17. The molecule has 0 aliphatic carbocycles. The second-order valence-electron chi connectivity index (χ2n) is 4.64. The van der Waals surface area contributed by atoms with Gasteiger partial charge in [-0.25, -0.2) is 0 Å². The number of carbonyl (C=O) groups excluding carboxylic acids is 1. The minimum Gasteiger partial charge on any atom is -0.396 e. The van der Waals surface area contributed by atoms with Crippen molar-refractivity contribution in [3.05, 3.63) is 21.3 Å². The number of hydrogen-bond acceptors (Lipinski definition) is 3. The zero-order valence-electron chi connectivity index (χ0n) is 10.8. The minimum absolute atomic E-state index is 0.0340. The number of amides is 1. The Labute approximate surface area is 117 Å². The summed E-state index contributed by atoms with van der Waals surface area (Å²) >= 11 is 7.34. The highest BCUT2D eigenvalue weighted by atomic mass is 35.5. The van der Waals surface area contributed by atoms with E-state index in [2.05, 4.69) is 5.32 Å². The Kier molecular flexibility index (Phi) is 6.68. The molecule has 18 heavy (non-hydrogen) atoms. The van der Waals surface area contributed by atoms with Crippen LogP contribution in [0.5, 0.6) is 0 Å². The van der Waals surface area contributed by atoms with E-state index in [0.29, 0.717) is 25.2 Å². The fourth-order valence-corrected chi connectivity index (χ4v) is 2.80. The van der Waals surface area contributed by atoms with Gasteiger partial charge in [-0.15, -0.1) is 11.3 Å². The molecule has 1 aromatic rings. The summed E-state index contributed by atoms with van der Waals surface area (Å²) in [6, 6.07) is 3.85. The smallest absolute Gasteiger partial charge is 0.220 e. The molecule has 1 atom stereocenters. The number of rotatable bonds is 7. The monoisotopic (exact) mass is 289 g/mol. The van der Waals surface area contributed by atoms with Crippen LogP contribution >= 0.6 is 22.9 Å². The normalized spacial score (nSPS) is 12.7. The first-order chi connectivity index (χ1) is 8.52. The SMILES string of the molecule is CC(C)C(CCO)NC(=O)CCc1ccc(Cl)s1. The van der Waals surface area contributed by atoms with E-state index < -0.39 is 0 Å². The quantitative estimate of drug-likeness (QED) is 0.811. The highest BCUT2D eigenvalue weighted by molar-refractivity contribution is 7.16. The Balaban J connectivity index is 2.36. The van der Waals surface area contributed by atoms with E-state index in [0.717, 1.165) is 9.21 Å². The van der Waals surface area contributed by atoms with Crippen LogP contribution < -0.4 is 5.32 Å². The third kappa shape index (κ3) is 5.38. The van der Waals surface area contributed by atoms with Crippen molar-refractivity contribution in [2.75, 3.05) is 6.61 Å². The summed E-state index contributed by atoms with van der Waals surface area (Å²) in [5, 5.41) is 11.9. The van der Waals surface area contributed by atoms with Crippen molar-refractivity contribution in [2.24, 2.45) is 5.92 Å². The van der Waals surface area contributed by atoms with Crippen molar-refractivity contribution < 1.29 is 9.90 Å². The van der Waals surface area contributed by atoms with Crippen LogP contribution in [-0.4, -0.2) is 23.7 Å². The summed E-state index contributed by atoms with van der Waals surface area (Å²) < 4.78 is 0.755. The molecule has 0 radical (unpaired) electrons. The lowest BCUT2D eigenvalue weighted by atomic mass is 10.0. The van der Waals surface area contributed by atoms with Gasteiger partial charge in [0.05, 0.1) is 4.34 Å². The summed E-state index contributed by atoms with van der Waals surface area (Å²) in [6.45, 7) is 4.18. The zero-order chi connectivity index (χ0) is 13.5. The van der Waals surface area contributed by atoms with Crippen molar-refractivity contribution in [3.63, 3.8) is 0 Å². The number of carbonyl (C=O) groups is 1. The molecule has 0 spiro atoms. The molecule has 2 N–H and O–H groups in total. The van der Waals surface area contributed by atoms with Gasteiger partial charge in [0.1, 0.15) is 0 Å². The van der Waals surface area contributed by atoms with Crippen LogP contribution in [0.3, 0.4) is 0 Å². The van der Waals surface area contributed by atoms with Gasteiger partial charge < -0.3 is 10.4 Å². The first-order valence-corrected chi connectivity index (χ1v) is 7.36. The molecule has 0 fully saturated rings. The molecule has 1 rings (SSSR count). The van der Waals surface area contributed by atoms with Crippen molar-refractivity contribution >= 4 is 28.8 Å². The summed E-state index contributed by atoms with van der Waals surface area (Å²) in [5.41, 5.74) is 0. The molecule has 0 aliphatic heterocycles. The molecule has 5 heteroatoms. The van der Waals surface area contributed by atoms with Gasteiger partial charge in [-0.1, -0.05) is 25.4 Å². The third-order valence-corrected chi connectivity index (χ3v) is 4.11. The molecule has 0 bridgehead atoms. The maximum Gasteiger partial charge on any atom is 0.220 e. The summed E-state index contributed by atoms with van der Waals surface area (Å²) in [6.07, 6.45) is 1.78. The van der Waals surface area contributed by atoms with E-state index in [1.54, 1.807) is 0 Å². The van der Waals surface area contributed by atoms with E-state index in [4.69, 9.17) is 16.7 Å². The maximum atomic E-state index is 11.8. The van der Waals surface area contributed by atoms with E-state index in [1.165, 1.54) is 11.3 Å². The average Bonchev–Trinajstić information content (AvgIpc) is 2.72. The Morgan fingerprint density at radius 2 is 2.22 bits per heavy atom. The summed E-state index contributed by atoms with van der Waals surface area (Å²) in [4.78, 5) is 12.9. The number of hydrogen-bond donors (Lipinski definition) is 2. The fraction of sp³-hybridized carbons (Fsp3) is 0.615. The van der Waals surface area contributed by atoms with Gasteiger partial charge >= 0.3 is 0 Å². The predicted molar refractivity (Wildman–Crippen MR) is 76.1 cm³/mol. The molecule has 102 valence electrons. The van der Waals surface area contributed by atoms with E-state index >= 15 is 0 Å². The van der Waals surface area contributed by atoms with Crippen LogP contribution in [0, 0.1) is 5.92 Å². The van der Waals surface area contributed by atoms with Crippen LogP contribution in [0.4, 0.5) is 0 Å². The van der Waals surface area contributed by atoms with E-state index in [9.17, 15) is 4.79 Å². The third-order valence-electron chi connectivity index (χ3n) is 2.82. The molecule has 3 nitrogen and oxygen atoms in total. The zero-order valence-corrected chi connectivity index (χ0v) is 12.4. The Morgan fingerprint density at radius 3 is 2.72 bits per heavy atom. The van der Waals surface area contributed by atoms with E-state index in [1.807, 2.05) is 26.0 Å². The van der Waals surface area contributed by atoms with Crippen LogP contribution in [-0.2, 0) is 11.2 Å². The Bertz CT molecular complexity index is 379. The topological polar surface area (TPSA) is 49.3 Å². The average molecular weight is 290 g/mol. The highest BCUT2D eigenvalue weighted by Gasteiger charge is 2.15. The van der Waals surface area contributed by atoms with Crippen LogP contribution in [0.2, 0.25) is 4.34 Å². The maximum absolute atomic E-state index is 11.8. The second-order valence-corrected chi connectivity index (χ2v) is 6.44. The van der Waals surface area contributed by atoms with Gasteiger partial charge in [0.15, 0.2) is 0 Å². The van der Waals surface area contributed by atoms with Crippen molar-refractivity contribution in [1.29, 1.82) is 0 Å². The Hall–Kier alpha value is -0.580. The second kappa shape index (κ2) is 7.77. The molecule has 1 heterocycles. The molecule has 0 aromatic carbocycles. The lowest BCUT2D eigenvalue weighted by Crippen LogP contribution is -2.39. The van der Waals surface area contributed by atoms with Crippen molar-refractivity contribution in [3.8, 4) is 0 Å². The highest BCUT2D eigenvalue weighted by Crippen LogP contribution is 2.22. The largest absolute Gasteiger partial charge is 0.396 e. The van der Waals surface area contributed by atoms with Gasteiger partial charge in [-0.2, -0.15) is 0 Å². The molecule has 1 amide bonds. The van der Waals surface area contributed by atoms with Gasteiger partial charge in [0, 0.05) is 23.9 Å².